The molecule has 2 rings (SSSR count). The molecule has 0 bridgehead atoms. The number of nitrogens with one attached hydrogen (secondary N) is 1. The van der Waals surface area contributed by atoms with Crippen molar-refractivity contribution >= 4 is 23.5 Å². The fourth-order valence-corrected chi connectivity index (χ4v) is 2.58. The second-order valence-corrected chi connectivity index (χ2v) is 6.29. The molecule has 0 aliphatic carbocycles. The van der Waals surface area contributed by atoms with Crippen molar-refractivity contribution in [3.05, 3.63) is 45.3 Å². The highest BCUT2D eigenvalue weighted by atomic mass is 35.5. The van der Waals surface area contributed by atoms with E-state index in [1.54, 1.807) is 0 Å². The summed E-state index contributed by atoms with van der Waals surface area (Å²) in [5.41, 5.74) is -0.813. The van der Waals surface area contributed by atoms with E-state index >= 15 is 0 Å². The number of aromatic nitrogens is 2. The number of hydrazone groups is 1. The number of nitrogens with two attached hydrogens (primary N) is 2. The number of benzene rings is 1. The number of alkyl halides is 3. The molecule has 0 aliphatic rings. The molecular weight excluding hydrogens is 431 g/mol. The number of carbonyl (C=O) groups is 1. The quantitative estimate of drug-likeness (QED) is 0.272. The molecule has 2 aromatic rings. The van der Waals surface area contributed by atoms with Crippen LogP contribution in [-0.4, -0.2) is 46.5 Å². The van der Waals surface area contributed by atoms with E-state index in [1.807, 2.05) is 0 Å². The number of halogens is 4. The summed E-state index contributed by atoms with van der Waals surface area (Å²) >= 11 is 6.25. The Morgan fingerprint density at radius 2 is 1.97 bits per heavy atom. The van der Waals surface area contributed by atoms with Gasteiger partial charge in [0.1, 0.15) is 5.75 Å². The number of hydrogen-bond donors (Lipinski definition) is 3. The third-order valence-corrected chi connectivity index (χ3v) is 4.00. The fourth-order valence-electron chi connectivity index (χ4n) is 2.26. The third-order valence-electron chi connectivity index (χ3n) is 3.63. The first-order valence-electron chi connectivity index (χ1n) is 8.09. The molecule has 1 amide bonds. The van der Waals surface area contributed by atoms with Crippen molar-refractivity contribution in [3.8, 4) is 16.9 Å². The predicted molar refractivity (Wildman–Crippen MR) is 103 cm³/mol. The van der Waals surface area contributed by atoms with Crippen molar-refractivity contribution in [3.63, 3.8) is 0 Å². The Hall–Kier alpha value is -3.32. The number of rotatable bonds is 4. The highest BCUT2D eigenvalue weighted by Crippen LogP contribution is 2.28. The van der Waals surface area contributed by atoms with Crippen molar-refractivity contribution in [1.82, 2.24) is 20.1 Å². The molecule has 30 heavy (non-hydrogen) atoms. The predicted octanol–water partition coefficient (Wildman–Crippen LogP) is 0.807. The van der Waals surface area contributed by atoms with E-state index in [2.05, 4.69) is 20.3 Å². The largest absolute Gasteiger partial charge is 0.484 e. The Labute approximate surface area is 172 Å². The molecule has 0 spiro atoms. The van der Waals surface area contributed by atoms with Gasteiger partial charge in [-0.15, -0.1) is 5.10 Å². The number of hydrazine groups is 1. The van der Waals surface area contributed by atoms with E-state index in [-0.39, 0.29) is 33.6 Å². The molecule has 1 aromatic carbocycles. The van der Waals surface area contributed by atoms with Crippen LogP contribution in [0, 0.1) is 0 Å². The Bertz CT molecular complexity index is 1020. The number of carbonyl (C=O) groups excluding carboxylic acids is 1. The summed E-state index contributed by atoms with van der Waals surface area (Å²) in [6.07, 6.45) is -4.49. The molecule has 10 nitrogen and oxygen atoms in total. The van der Waals surface area contributed by atoms with Crippen LogP contribution in [0.15, 0.2) is 34.2 Å². The molecule has 1 aromatic heterocycles. The molecule has 0 saturated heterocycles. The summed E-state index contributed by atoms with van der Waals surface area (Å²) in [5, 5.41) is 10.1. The number of aryl methyl sites for hydroxylation is 1. The minimum atomic E-state index is -4.49. The average molecular weight is 448 g/mol. The number of guanidine groups is 1. The van der Waals surface area contributed by atoms with Crippen LogP contribution in [0.25, 0.3) is 11.1 Å². The van der Waals surface area contributed by atoms with E-state index in [0.29, 0.717) is 0 Å². The molecular formula is C16H17ClF3N7O3. The SMILES string of the molecule is CN(N)/C(=N\N)NC(=O)c1nn(C)c(=O)c(-c2ccc(OCC(F)(F)F)cc2)c1Cl. The minimum Gasteiger partial charge on any atom is -0.484 e. The molecule has 0 fully saturated rings. The van der Waals surface area contributed by atoms with Gasteiger partial charge >= 0.3 is 6.18 Å². The zero-order valence-corrected chi connectivity index (χ0v) is 16.5. The van der Waals surface area contributed by atoms with Crippen LogP contribution in [0.5, 0.6) is 5.75 Å². The Kier molecular flexibility index (Phi) is 6.89. The van der Waals surface area contributed by atoms with Crippen molar-refractivity contribution < 1.29 is 22.7 Å². The van der Waals surface area contributed by atoms with E-state index in [0.717, 1.165) is 9.69 Å². The molecule has 0 saturated carbocycles. The smallest absolute Gasteiger partial charge is 0.422 e. The van der Waals surface area contributed by atoms with Crippen molar-refractivity contribution in [2.45, 2.75) is 6.18 Å². The molecule has 1 heterocycles. The van der Waals surface area contributed by atoms with E-state index in [9.17, 15) is 22.8 Å². The summed E-state index contributed by atoms with van der Waals surface area (Å²) in [6, 6.07) is 5.13. The topological polar surface area (TPSA) is 141 Å². The van der Waals surface area contributed by atoms with E-state index < -0.39 is 24.2 Å². The lowest BCUT2D eigenvalue weighted by molar-refractivity contribution is -0.153. The molecule has 5 N–H and O–H groups in total. The second-order valence-electron chi connectivity index (χ2n) is 5.91. The van der Waals surface area contributed by atoms with Gasteiger partial charge in [-0.1, -0.05) is 23.7 Å². The highest BCUT2D eigenvalue weighted by molar-refractivity contribution is 6.36. The van der Waals surface area contributed by atoms with Crippen LogP contribution >= 0.6 is 11.6 Å². The minimum absolute atomic E-state index is 0.0640. The lowest BCUT2D eigenvalue weighted by Gasteiger charge is -2.16. The zero-order chi connectivity index (χ0) is 22.6. The first kappa shape index (κ1) is 23.0. The fraction of sp³-hybridized carbons (Fsp3) is 0.250. The normalized spacial score (nSPS) is 11.9. The molecule has 0 radical (unpaired) electrons. The van der Waals surface area contributed by atoms with Crippen LogP contribution in [-0.2, 0) is 7.05 Å². The highest BCUT2D eigenvalue weighted by Gasteiger charge is 2.28. The average Bonchev–Trinajstić information content (AvgIpc) is 2.67. The second kappa shape index (κ2) is 9.00. The first-order chi connectivity index (χ1) is 13.9. The number of ether oxygens (including phenoxy) is 1. The lowest BCUT2D eigenvalue weighted by atomic mass is 10.1. The third kappa shape index (κ3) is 5.39. The molecule has 0 atom stereocenters. The Morgan fingerprint density at radius 3 is 2.47 bits per heavy atom. The Morgan fingerprint density at radius 1 is 1.37 bits per heavy atom. The van der Waals surface area contributed by atoms with Gasteiger partial charge in [0, 0.05) is 14.1 Å². The van der Waals surface area contributed by atoms with Crippen molar-refractivity contribution in [2.24, 2.45) is 23.8 Å². The van der Waals surface area contributed by atoms with Gasteiger partial charge in [0.25, 0.3) is 11.5 Å². The maximum Gasteiger partial charge on any atom is 0.422 e. The molecule has 14 heteroatoms. The van der Waals surface area contributed by atoms with Gasteiger partial charge in [-0.2, -0.15) is 18.3 Å². The summed E-state index contributed by atoms with van der Waals surface area (Å²) in [6.45, 7) is -1.46. The van der Waals surface area contributed by atoms with Crippen LogP contribution in [0.3, 0.4) is 0 Å². The van der Waals surface area contributed by atoms with Gasteiger partial charge in [-0.3, -0.25) is 19.9 Å². The number of nitrogens with zero attached hydrogens (tertiary/aromatic N) is 4. The maximum absolute atomic E-state index is 12.5. The van der Waals surface area contributed by atoms with Gasteiger partial charge in [0.15, 0.2) is 12.3 Å². The summed E-state index contributed by atoms with van der Waals surface area (Å²) < 4.78 is 42.3. The first-order valence-corrected chi connectivity index (χ1v) is 8.47. The monoisotopic (exact) mass is 447 g/mol. The summed E-state index contributed by atoms with van der Waals surface area (Å²) in [7, 11) is 2.67. The Balaban J connectivity index is 2.42. The van der Waals surface area contributed by atoms with Gasteiger partial charge in [-0.05, 0) is 17.7 Å². The van der Waals surface area contributed by atoms with Crippen LogP contribution < -0.4 is 27.3 Å². The molecule has 0 unspecified atom stereocenters. The van der Waals surface area contributed by atoms with E-state index in [1.165, 1.54) is 38.4 Å². The van der Waals surface area contributed by atoms with Crippen LogP contribution in [0.1, 0.15) is 10.5 Å². The number of hydrogen-bond acceptors (Lipinski definition) is 7. The van der Waals surface area contributed by atoms with Gasteiger partial charge < -0.3 is 10.6 Å². The molecule has 0 aliphatic heterocycles. The van der Waals surface area contributed by atoms with Gasteiger partial charge in [0.2, 0.25) is 5.96 Å². The lowest BCUT2D eigenvalue weighted by Crippen LogP contribution is -2.46. The summed E-state index contributed by atoms with van der Waals surface area (Å²) in [4.78, 5) is 25.0. The maximum atomic E-state index is 12.5. The van der Waals surface area contributed by atoms with E-state index in [4.69, 9.17) is 23.3 Å². The van der Waals surface area contributed by atoms with Crippen LogP contribution in [0.4, 0.5) is 13.2 Å². The zero-order valence-electron chi connectivity index (χ0n) is 15.7. The standard InChI is InChI=1S/C16H17ClF3N7O3/c1-26(22)15(24-21)23-13(28)12-11(17)10(14(29)27(2)25-12)8-3-5-9(6-4-8)30-7-16(18,19)20/h3-6H,7,21-22H2,1-2H3,(H,23,24,28). The van der Waals surface area contributed by atoms with Gasteiger partial charge in [-0.25, -0.2) is 10.5 Å². The van der Waals surface area contributed by atoms with Crippen LogP contribution in [0.2, 0.25) is 5.02 Å². The van der Waals surface area contributed by atoms with Crippen molar-refractivity contribution in [1.29, 1.82) is 0 Å². The summed E-state index contributed by atoms with van der Waals surface area (Å²) in [5.74, 6) is 9.51. The number of amides is 1. The van der Waals surface area contributed by atoms with Gasteiger partial charge in [0.05, 0.1) is 10.6 Å². The van der Waals surface area contributed by atoms with Crippen molar-refractivity contribution in [2.75, 3.05) is 13.7 Å². The molecule has 162 valence electrons.